The lowest BCUT2D eigenvalue weighted by atomic mass is 10.2. The maximum absolute atomic E-state index is 6.18. The van der Waals surface area contributed by atoms with Crippen molar-refractivity contribution in [1.82, 2.24) is 15.0 Å². The summed E-state index contributed by atoms with van der Waals surface area (Å²) < 4.78 is 5.41. The van der Waals surface area contributed by atoms with Crippen LogP contribution >= 0.6 is 23.4 Å². The van der Waals surface area contributed by atoms with E-state index in [1.54, 1.807) is 18.5 Å². The van der Waals surface area contributed by atoms with Gasteiger partial charge in [0.2, 0.25) is 0 Å². The first-order valence-electron chi connectivity index (χ1n) is 6.34. The summed E-state index contributed by atoms with van der Waals surface area (Å²) >= 11 is 7.67. The van der Waals surface area contributed by atoms with Crippen molar-refractivity contribution in [2.24, 2.45) is 0 Å². The van der Waals surface area contributed by atoms with E-state index >= 15 is 0 Å². The number of hydrogen-bond acceptors (Lipinski definition) is 6. The van der Waals surface area contributed by atoms with Crippen molar-refractivity contribution in [3.63, 3.8) is 0 Å². The minimum atomic E-state index is 0.0444. The molecule has 0 radical (unpaired) electrons. The number of nitrogens with two attached hydrogens (primary N) is 1. The number of furan rings is 1. The first-order valence-corrected chi connectivity index (χ1v) is 7.60. The van der Waals surface area contributed by atoms with Crippen LogP contribution in [0.2, 0.25) is 5.15 Å². The minimum absolute atomic E-state index is 0.0444. The molecule has 0 amide bonds. The summed E-state index contributed by atoms with van der Waals surface area (Å²) in [5.41, 5.74) is 8.17. The van der Waals surface area contributed by atoms with Gasteiger partial charge in [-0.3, -0.25) is 0 Å². The Morgan fingerprint density at radius 1 is 1.38 bits per heavy atom. The Morgan fingerprint density at radius 2 is 2.19 bits per heavy atom. The van der Waals surface area contributed by atoms with E-state index in [1.807, 2.05) is 19.9 Å². The number of nitrogen functional groups attached to an aromatic ring is 1. The zero-order valence-corrected chi connectivity index (χ0v) is 13.1. The van der Waals surface area contributed by atoms with E-state index in [0.717, 1.165) is 16.6 Å². The SMILES string of the molecule is Cc1coc2c(Cl)nc(C(C)Sc3nccc(N)n3)cc12. The number of rotatable bonds is 3. The first kappa shape index (κ1) is 14.2. The van der Waals surface area contributed by atoms with Crippen LogP contribution in [-0.2, 0) is 0 Å². The minimum Gasteiger partial charge on any atom is -0.461 e. The maximum atomic E-state index is 6.18. The molecule has 2 N–H and O–H groups in total. The molecule has 0 aliphatic rings. The molecule has 3 aromatic rings. The van der Waals surface area contributed by atoms with E-state index in [1.165, 1.54) is 11.8 Å². The van der Waals surface area contributed by atoms with Crippen LogP contribution in [0.4, 0.5) is 5.82 Å². The van der Waals surface area contributed by atoms with Gasteiger partial charge in [-0.15, -0.1) is 0 Å². The van der Waals surface area contributed by atoms with Crippen LogP contribution in [0, 0.1) is 6.92 Å². The third-order valence-corrected chi connectivity index (χ3v) is 4.34. The van der Waals surface area contributed by atoms with Crippen molar-refractivity contribution >= 4 is 40.1 Å². The molecule has 1 atom stereocenters. The van der Waals surface area contributed by atoms with E-state index in [2.05, 4.69) is 15.0 Å². The Balaban J connectivity index is 1.94. The molecule has 0 saturated carbocycles. The molecule has 3 rings (SSSR count). The van der Waals surface area contributed by atoms with Crippen LogP contribution in [0.1, 0.15) is 23.4 Å². The molecule has 0 saturated heterocycles. The molecule has 0 aliphatic heterocycles. The Morgan fingerprint density at radius 3 is 2.95 bits per heavy atom. The van der Waals surface area contributed by atoms with E-state index < -0.39 is 0 Å². The maximum Gasteiger partial charge on any atom is 0.190 e. The number of aryl methyl sites for hydroxylation is 1. The van der Waals surface area contributed by atoms with E-state index in [-0.39, 0.29) is 5.25 Å². The van der Waals surface area contributed by atoms with Gasteiger partial charge < -0.3 is 10.2 Å². The van der Waals surface area contributed by atoms with Gasteiger partial charge in [0, 0.05) is 11.6 Å². The summed E-state index contributed by atoms with van der Waals surface area (Å²) in [5.74, 6) is 0.451. The zero-order valence-electron chi connectivity index (χ0n) is 11.5. The van der Waals surface area contributed by atoms with Gasteiger partial charge in [0.05, 0.1) is 17.2 Å². The van der Waals surface area contributed by atoms with Gasteiger partial charge in [0.1, 0.15) is 5.82 Å². The second-order valence-corrected chi connectivity index (χ2v) is 6.32. The van der Waals surface area contributed by atoms with Crippen molar-refractivity contribution in [3.05, 3.63) is 41.0 Å². The van der Waals surface area contributed by atoms with Crippen molar-refractivity contribution in [2.75, 3.05) is 5.73 Å². The van der Waals surface area contributed by atoms with Crippen LogP contribution in [-0.4, -0.2) is 15.0 Å². The summed E-state index contributed by atoms with van der Waals surface area (Å²) in [7, 11) is 0. The molecule has 0 aromatic carbocycles. The predicted octanol–water partition coefficient (Wildman–Crippen LogP) is 4.02. The lowest BCUT2D eigenvalue weighted by Crippen LogP contribution is -1.98. The third-order valence-electron chi connectivity index (χ3n) is 3.08. The van der Waals surface area contributed by atoms with E-state index in [0.29, 0.717) is 21.7 Å². The highest BCUT2D eigenvalue weighted by atomic mass is 35.5. The van der Waals surface area contributed by atoms with Crippen LogP contribution in [0.3, 0.4) is 0 Å². The predicted molar refractivity (Wildman–Crippen MR) is 84.5 cm³/mol. The molecular weight excluding hydrogens is 308 g/mol. The van der Waals surface area contributed by atoms with Gasteiger partial charge in [-0.2, -0.15) is 0 Å². The molecule has 21 heavy (non-hydrogen) atoms. The standard InChI is InChI=1S/C14H13ClN4OS/c1-7-6-20-12-9(7)5-10(18-13(12)15)8(2)21-14-17-4-3-11(16)19-14/h3-6,8H,1-2H3,(H2,16,17,19). The molecule has 0 spiro atoms. The van der Waals surface area contributed by atoms with Gasteiger partial charge >= 0.3 is 0 Å². The lowest BCUT2D eigenvalue weighted by Gasteiger charge is -2.10. The van der Waals surface area contributed by atoms with Gasteiger partial charge in [0.15, 0.2) is 15.9 Å². The summed E-state index contributed by atoms with van der Waals surface area (Å²) in [6, 6.07) is 3.65. The smallest absolute Gasteiger partial charge is 0.190 e. The molecule has 5 nitrogen and oxygen atoms in total. The number of nitrogens with zero attached hydrogens (tertiary/aromatic N) is 3. The highest BCUT2D eigenvalue weighted by Crippen LogP contribution is 2.35. The quantitative estimate of drug-likeness (QED) is 0.446. The van der Waals surface area contributed by atoms with Gasteiger partial charge in [-0.1, -0.05) is 23.4 Å². The second-order valence-electron chi connectivity index (χ2n) is 4.66. The molecular formula is C14H13ClN4OS. The number of fused-ring (bicyclic) bond motifs is 1. The van der Waals surface area contributed by atoms with Gasteiger partial charge in [0.25, 0.3) is 0 Å². The molecule has 0 bridgehead atoms. The van der Waals surface area contributed by atoms with Crippen LogP contribution < -0.4 is 5.73 Å². The summed E-state index contributed by atoms with van der Waals surface area (Å²) in [6.45, 7) is 4.00. The van der Waals surface area contributed by atoms with E-state index in [4.69, 9.17) is 21.8 Å². The number of halogens is 1. The van der Waals surface area contributed by atoms with Gasteiger partial charge in [-0.25, -0.2) is 15.0 Å². The Labute approximate surface area is 130 Å². The first-order chi connectivity index (χ1) is 10.0. The van der Waals surface area contributed by atoms with E-state index in [9.17, 15) is 0 Å². The molecule has 3 aromatic heterocycles. The number of thioether (sulfide) groups is 1. The van der Waals surface area contributed by atoms with Crippen LogP contribution in [0.25, 0.3) is 11.0 Å². The molecule has 7 heteroatoms. The zero-order chi connectivity index (χ0) is 15.0. The topological polar surface area (TPSA) is 77.8 Å². The number of anilines is 1. The average Bonchev–Trinajstić information content (AvgIpc) is 2.81. The number of aromatic nitrogens is 3. The lowest BCUT2D eigenvalue weighted by molar-refractivity contribution is 0.611. The molecule has 0 aliphatic carbocycles. The van der Waals surface area contributed by atoms with Crippen LogP contribution in [0.5, 0.6) is 0 Å². The fourth-order valence-electron chi connectivity index (χ4n) is 1.97. The second kappa shape index (κ2) is 5.54. The number of pyridine rings is 1. The van der Waals surface area contributed by atoms with Crippen molar-refractivity contribution < 1.29 is 4.42 Å². The third kappa shape index (κ3) is 2.82. The Bertz CT molecular complexity index is 805. The van der Waals surface area contributed by atoms with Crippen molar-refractivity contribution in [2.45, 2.75) is 24.3 Å². The fourth-order valence-corrected chi connectivity index (χ4v) is 3.06. The highest BCUT2D eigenvalue weighted by molar-refractivity contribution is 7.99. The van der Waals surface area contributed by atoms with Crippen molar-refractivity contribution in [3.8, 4) is 0 Å². The summed E-state index contributed by atoms with van der Waals surface area (Å²) in [4.78, 5) is 12.8. The number of hydrogen-bond donors (Lipinski definition) is 1. The molecule has 1 unspecified atom stereocenters. The monoisotopic (exact) mass is 320 g/mol. The summed E-state index contributed by atoms with van der Waals surface area (Å²) in [5, 5.41) is 2.01. The van der Waals surface area contributed by atoms with Crippen LogP contribution in [0.15, 0.2) is 34.2 Å². The fraction of sp³-hybridized carbons (Fsp3) is 0.214. The average molecular weight is 321 g/mol. The summed E-state index contributed by atoms with van der Waals surface area (Å²) in [6.07, 6.45) is 3.32. The molecule has 108 valence electrons. The Kier molecular flexibility index (Phi) is 3.73. The molecule has 3 heterocycles. The Hall–Kier alpha value is -1.79. The van der Waals surface area contributed by atoms with Gasteiger partial charge in [-0.05, 0) is 31.5 Å². The largest absolute Gasteiger partial charge is 0.461 e. The van der Waals surface area contributed by atoms with Crippen molar-refractivity contribution in [1.29, 1.82) is 0 Å². The highest BCUT2D eigenvalue weighted by Gasteiger charge is 2.16. The molecule has 0 fully saturated rings. The normalized spacial score (nSPS) is 12.7.